The van der Waals surface area contributed by atoms with E-state index in [2.05, 4.69) is 4.72 Å². The van der Waals surface area contributed by atoms with E-state index in [0.29, 0.717) is 0 Å². The van der Waals surface area contributed by atoms with Crippen LogP contribution in [0.25, 0.3) is 0 Å². The Morgan fingerprint density at radius 1 is 1.40 bits per heavy atom. The van der Waals surface area contributed by atoms with Gasteiger partial charge in [0.25, 0.3) is 0 Å². The zero-order valence-electron chi connectivity index (χ0n) is 10.7. The highest BCUT2D eigenvalue weighted by Gasteiger charge is 2.18. The summed E-state index contributed by atoms with van der Waals surface area (Å²) in [6.07, 6.45) is 3.64. The molecule has 1 N–H and O–H groups in total. The van der Waals surface area contributed by atoms with Crippen LogP contribution in [0.4, 0.5) is 0 Å². The third kappa shape index (κ3) is 3.20. The molecular weight excluding hydrogens is 298 g/mol. The molecule has 5 nitrogen and oxygen atoms in total. The molecule has 0 unspecified atom stereocenters. The van der Waals surface area contributed by atoms with Crippen LogP contribution in [-0.2, 0) is 23.6 Å². The molecule has 0 radical (unpaired) electrons. The number of nitrogens with zero attached hydrogens (tertiary/aromatic N) is 2. The lowest BCUT2D eigenvalue weighted by atomic mass is 10.2. The second kappa shape index (κ2) is 5.67. The van der Waals surface area contributed by atoms with Gasteiger partial charge in [-0.05, 0) is 29.8 Å². The molecule has 0 amide bonds. The average Bonchev–Trinajstić information content (AvgIpc) is 2.83. The Balaban J connectivity index is 2.24. The highest BCUT2D eigenvalue weighted by atomic mass is 35.5. The Bertz CT molecular complexity index is 775. The molecule has 20 heavy (non-hydrogen) atoms. The van der Waals surface area contributed by atoms with E-state index in [-0.39, 0.29) is 22.0 Å². The highest BCUT2D eigenvalue weighted by molar-refractivity contribution is 7.89. The molecule has 0 aliphatic rings. The van der Waals surface area contributed by atoms with E-state index in [1.165, 1.54) is 18.2 Å². The van der Waals surface area contributed by atoms with Crippen LogP contribution in [0.2, 0.25) is 5.02 Å². The third-order valence-corrected chi connectivity index (χ3v) is 4.59. The molecule has 0 fully saturated rings. The first-order valence-corrected chi connectivity index (χ1v) is 7.58. The monoisotopic (exact) mass is 309 g/mol. The van der Waals surface area contributed by atoms with Crippen molar-refractivity contribution in [3.8, 4) is 6.07 Å². The van der Waals surface area contributed by atoms with Gasteiger partial charge in [-0.3, -0.25) is 0 Å². The quantitative estimate of drug-likeness (QED) is 0.939. The fourth-order valence-corrected chi connectivity index (χ4v) is 3.24. The maximum atomic E-state index is 12.2. The van der Waals surface area contributed by atoms with Crippen LogP contribution in [0.15, 0.2) is 41.6 Å². The Morgan fingerprint density at radius 3 is 2.75 bits per heavy atom. The minimum atomic E-state index is -3.75. The van der Waals surface area contributed by atoms with Crippen molar-refractivity contribution in [3.63, 3.8) is 0 Å². The number of aryl methyl sites for hydroxylation is 1. The first kappa shape index (κ1) is 14.6. The molecule has 7 heteroatoms. The van der Waals surface area contributed by atoms with Crippen LogP contribution in [0.1, 0.15) is 11.1 Å². The van der Waals surface area contributed by atoms with Crippen LogP contribution < -0.4 is 4.72 Å². The van der Waals surface area contributed by atoms with E-state index in [0.717, 1.165) is 5.56 Å². The van der Waals surface area contributed by atoms with E-state index in [1.54, 1.807) is 0 Å². The van der Waals surface area contributed by atoms with Gasteiger partial charge in [0.1, 0.15) is 4.90 Å². The Labute approximate surface area is 122 Å². The molecule has 0 aliphatic carbocycles. The molecule has 1 heterocycles. The predicted molar refractivity (Wildman–Crippen MR) is 75.6 cm³/mol. The van der Waals surface area contributed by atoms with Gasteiger partial charge in [-0.15, -0.1) is 0 Å². The van der Waals surface area contributed by atoms with Crippen LogP contribution in [0.5, 0.6) is 0 Å². The molecule has 0 bridgehead atoms. The molecule has 104 valence electrons. The summed E-state index contributed by atoms with van der Waals surface area (Å²) in [6, 6.07) is 7.84. The van der Waals surface area contributed by atoms with Gasteiger partial charge in [-0.25, -0.2) is 13.1 Å². The summed E-state index contributed by atoms with van der Waals surface area (Å²) < 4.78 is 28.7. The van der Waals surface area contributed by atoms with E-state index >= 15 is 0 Å². The number of halogens is 1. The number of sulfonamides is 1. The standard InChI is InChI=1S/C13H12ClN3O2S/c1-17-5-4-11(9-17)8-16-20(18,19)13-6-10(7-15)2-3-12(13)14/h2-6,9,16H,8H2,1H3. The molecule has 1 aromatic carbocycles. The van der Waals surface area contributed by atoms with Gasteiger partial charge in [0.15, 0.2) is 0 Å². The molecule has 2 aromatic rings. The van der Waals surface area contributed by atoms with Crippen LogP contribution >= 0.6 is 11.6 Å². The summed E-state index contributed by atoms with van der Waals surface area (Å²) in [5.74, 6) is 0. The largest absolute Gasteiger partial charge is 0.357 e. The molecule has 0 saturated heterocycles. The Hall–Kier alpha value is -1.81. The predicted octanol–water partition coefficient (Wildman–Crippen LogP) is 2.03. The van der Waals surface area contributed by atoms with E-state index in [1.807, 2.05) is 36.1 Å². The van der Waals surface area contributed by atoms with Gasteiger partial charge in [-0.1, -0.05) is 11.6 Å². The fourth-order valence-electron chi connectivity index (χ4n) is 1.70. The topological polar surface area (TPSA) is 74.9 Å². The lowest BCUT2D eigenvalue weighted by Crippen LogP contribution is -2.23. The fraction of sp³-hybridized carbons (Fsp3) is 0.154. The summed E-state index contributed by atoms with van der Waals surface area (Å²) in [5.41, 5.74) is 1.08. The number of nitriles is 1. The van der Waals surface area contributed by atoms with Crippen LogP contribution in [0.3, 0.4) is 0 Å². The van der Waals surface area contributed by atoms with Crippen molar-refractivity contribution in [2.24, 2.45) is 7.05 Å². The molecular formula is C13H12ClN3O2S. The molecule has 0 saturated carbocycles. The van der Waals surface area contributed by atoms with Crippen molar-refractivity contribution in [2.75, 3.05) is 0 Å². The van der Waals surface area contributed by atoms with Gasteiger partial charge in [-0.2, -0.15) is 5.26 Å². The van der Waals surface area contributed by atoms with Crippen molar-refractivity contribution < 1.29 is 8.42 Å². The van der Waals surface area contributed by atoms with Crippen LogP contribution in [-0.4, -0.2) is 13.0 Å². The summed E-state index contributed by atoms with van der Waals surface area (Å²) in [7, 11) is -1.90. The summed E-state index contributed by atoms with van der Waals surface area (Å²) in [4.78, 5) is -0.0888. The first-order valence-electron chi connectivity index (χ1n) is 5.72. The van der Waals surface area contributed by atoms with Gasteiger partial charge in [0.05, 0.1) is 16.7 Å². The second-order valence-corrected chi connectivity index (χ2v) is 6.41. The average molecular weight is 310 g/mol. The van der Waals surface area contributed by atoms with Crippen molar-refractivity contribution in [1.82, 2.24) is 9.29 Å². The number of benzene rings is 1. The van der Waals surface area contributed by atoms with Gasteiger partial charge >= 0.3 is 0 Å². The second-order valence-electron chi connectivity index (χ2n) is 4.27. The van der Waals surface area contributed by atoms with E-state index in [4.69, 9.17) is 16.9 Å². The third-order valence-electron chi connectivity index (χ3n) is 2.71. The number of aromatic nitrogens is 1. The SMILES string of the molecule is Cn1ccc(CNS(=O)(=O)c2cc(C#N)ccc2Cl)c1. The van der Waals surface area contributed by atoms with E-state index < -0.39 is 10.0 Å². The van der Waals surface area contributed by atoms with Crippen molar-refractivity contribution in [1.29, 1.82) is 5.26 Å². The number of hydrogen-bond acceptors (Lipinski definition) is 3. The Morgan fingerprint density at radius 2 is 2.15 bits per heavy atom. The summed E-state index contributed by atoms with van der Waals surface area (Å²) in [6.45, 7) is 0.163. The van der Waals surface area contributed by atoms with Crippen molar-refractivity contribution in [3.05, 3.63) is 52.8 Å². The zero-order chi connectivity index (χ0) is 14.8. The number of nitrogens with one attached hydrogen (secondary N) is 1. The lowest BCUT2D eigenvalue weighted by molar-refractivity contribution is 0.581. The number of hydrogen-bond donors (Lipinski definition) is 1. The van der Waals surface area contributed by atoms with Crippen molar-refractivity contribution in [2.45, 2.75) is 11.4 Å². The molecule has 0 aliphatic heterocycles. The van der Waals surface area contributed by atoms with Crippen molar-refractivity contribution >= 4 is 21.6 Å². The van der Waals surface area contributed by atoms with Crippen LogP contribution in [0, 0.1) is 11.3 Å². The number of rotatable bonds is 4. The normalized spacial score (nSPS) is 11.2. The smallest absolute Gasteiger partial charge is 0.242 e. The van der Waals surface area contributed by atoms with Gasteiger partial charge in [0, 0.05) is 26.0 Å². The molecule has 2 rings (SSSR count). The van der Waals surface area contributed by atoms with Gasteiger partial charge in [0.2, 0.25) is 10.0 Å². The Kier molecular flexibility index (Phi) is 4.14. The highest BCUT2D eigenvalue weighted by Crippen LogP contribution is 2.22. The van der Waals surface area contributed by atoms with Gasteiger partial charge < -0.3 is 4.57 Å². The minimum absolute atomic E-state index is 0.0876. The minimum Gasteiger partial charge on any atom is -0.357 e. The molecule has 0 atom stereocenters. The summed E-state index contributed by atoms with van der Waals surface area (Å²) >= 11 is 5.89. The molecule has 1 aromatic heterocycles. The maximum absolute atomic E-state index is 12.2. The maximum Gasteiger partial charge on any atom is 0.242 e. The van der Waals surface area contributed by atoms with E-state index in [9.17, 15) is 8.42 Å². The summed E-state index contributed by atoms with van der Waals surface area (Å²) in [5, 5.41) is 8.91. The lowest BCUT2D eigenvalue weighted by Gasteiger charge is -2.08. The first-order chi connectivity index (χ1) is 9.42. The molecule has 0 spiro atoms. The zero-order valence-corrected chi connectivity index (χ0v) is 12.2.